The van der Waals surface area contributed by atoms with E-state index in [4.69, 9.17) is 14.7 Å². The van der Waals surface area contributed by atoms with Gasteiger partial charge in [0.2, 0.25) is 0 Å². The van der Waals surface area contributed by atoms with Gasteiger partial charge in [-0.1, -0.05) is 18.7 Å². The molecule has 0 radical (unpaired) electrons. The van der Waals surface area contributed by atoms with Crippen molar-refractivity contribution in [3.05, 3.63) is 36.3 Å². The molecule has 32 heavy (non-hydrogen) atoms. The molecule has 1 saturated heterocycles. The smallest absolute Gasteiger partial charge is 0.258 e. The minimum Gasteiger partial charge on any atom is -0.484 e. The average molecular weight is 459 g/mol. The number of aromatic nitrogens is 4. The summed E-state index contributed by atoms with van der Waals surface area (Å²) in [7, 11) is 0. The van der Waals surface area contributed by atoms with Gasteiger partial charge >= 0.3 is 0 Å². The number of halogens is 1. The summed E-state index contributed by atoms with van der Waals surface area (Å²) in [4.78, 5) is 24.0. The minimum absolute atomic E-state index is 0.134. The van der Waals surface area contributed by atoms with Crippen LogP contribution in [0.15, 0.2) is 35.6 Å². The second-order valence-electron chi connectivity index (χ2n) is 7.57. The van der Waals surface area contributed by atoms with Crippen LogP contribution in [0.25, 0.3) is 11.0 Å². The molecular formula is C22H27FN6O2S. The lowest BCUT2D eigenvalue weighted by atomic mass is 10.3. The van der Waals surface area contributed by atoms with E-state index < -0.39 is 0 Å². The Bertz CT molecular complexity index is 1050. The molecule has 1 aliphatic rings. The molecule has 10 heteroatoms. The van der Waals surface area contributed by atoms with Gasteiger partial charge in [0.25, 0.3) is 5.91 Å². The predicted octanol–water partition coefficient (Wildman–Crippen LogP) is 3.26. The Morgan fingerprint density at radius 1 is 1.22 bits per heavy atom. The van der Waals surface area contributed by atoms with Crippen molar-refractivity contribution < 1.29 is 13.9 Å². The Morgan fingerprint density at radius 2 is 2.00 bits per heavy atom. The van der Waals surface area contributed by atoms with Crippen LogP contribution in [0, 0.1) is 5.82 Å². The number of carbonyl (C=O) groups excluding carboxylic acids is 1. The maximum Gasteiger partial charge on any atom is 0.258 e. The van der Waals surface area contributed by atoms with Gasteiger partial charge in [-0.15, -0.1) is 0 Å². The summed E-state index contributed by atoms with van der Waals surface area (Å²) in [6.45, 7) is 4.88. The summed E-state index contributed by atoms with van der Waals surface area (Å²) in [6, 6.07) is 5.57. The number of anilines is 1. The molecule has 0 atom stereocenters. The zero-order valence-electron chi connectivity index (χ0n) is 18.1. The summed E-state index contributed by atoms with van der Waals surface area (Å²) >= 11 is 1.65. The number of ether oxygens (including phenoxy) is 1. The standard InChI is InChI=1S/C22H27FN6O2S/c1-2-13-32-22-26-20(28-10-3-4-11-28)18-14-25-29(21(18)27-22)12-9-24-19(30)15-31-17-7-5-16(23)6-8-17/h5-8,14H,2-4,9-13,15H2,1H3,(H,24,30). The molecule has 0 aliphatic carbocycles. The molecule has 1 fully saturated rings. The minimum atomic E-state index is -0.346. The van der Waals surface area contributed by atoms with Crippen LogP contribution in [0.1, 0.15) is 26.2 Å². The molecule has 3 heterocycles. The summed E-state index contributed by atoms with van der Waals surface area (Å²) < 4.78 is 20.1. The van der Waals surface area contributed by atoms with Crippen LogP contribution < -0.4 is 15.0 Å². The fourth-order valence-corrected chi connectivity index (χ4v) is 4.23. The van der Waals surface area contributed by atoms with Gasteiger partial charge in [0, 0.05) is 25.4 Å². The summed E-state index contributed by atoms with van der Waals surface area (Å²) in [6.07, 6.45) is 5.21. The van der Waals surface area contributed by atoms with E-state index in [1.165, 1.54) is 37.1 Å². The van der Waals surface area contributed by atoms with Crippen molar-refractivity contribution in [2.75, 3.05) is 36.9 Å². The van der Waals surface area contributed by atoms with E-state index >= 15 is 0 Å². The fourth-order valence-electron chi connectivity index (χ4n) is 3.54. The molecule has 1 aromatic carbocycles. The number of carbonyl (C=O) groups is 1. The third-order valence-electron chi connectivity index (χ3n) is 5.13. The molecule has 1 N–H and O–H groups in total. The van der Waals surface area contributed by atoms with Crippen LogP contribution in [0.5, 0.6) is 5.75 Å². The summed E-state index contributed by atoms with van der Waals surface area (Å²) in [5, 5.41) is 9.04. The summed E-state index contributed by atoms with van der Waals surface area (Å²) in [5.74, 6) is 1.76. The van der Waals surface area contributed by atoms with Crippen molar-refractivity contribution >= 4 is 34.5 Å². The number of amides is 1. The zero-order valence-corrected chi connectivity index (χ0v) is 18.9. The van der Waals surface area contributed by atoms with E-state index in [-0.39, 0.29) is 18.3 Å². The first-order valence-corrected chi connectivity index (χ1v) is 11.9. The van der Waals surface area contributed by atoms with Crippen LogP contribution in [-0.4, -0.2) is 57.6 Å². The first-order chi connectivity index (χ1) is 15.6. The van der Waals surface area contributed by atoms with Gasteiger partial charge < -0.3 is 15.0 Å². The highest BCUT2D eigenvalue weighted by Gasteiger charge is 2.20. The second-order valence-corrected chi connectivity index (χ2v) is 8.63. The molecule has 0 spiro atoms. The molecule has 1 aliphatic heterocycles. The number of benzene rings is 1. The van der Waals surface area contributed by atoms with Crippen molar-refractivity contribution in [2.45, 2.75) is 37.9 Å². The molecule has 4 rings (SSSR count). The van der Waals surface area contributed by atoms with Crippen LogP contribution >= 0.6 is 11.8 Å². The van der Waals surface area contributed by atoms with Gasteiger partial charge in [-0.25, -0.2) is 19.0 Å². The monoisotopic (exact) mass is 458 g/mol. The molecule has 0 saturated carbocycles. The van der Waals surface area contributed by atoms with E-state index in [1.54, 1.807) is 11.8 Å². The Labute approximate surface area is 190 Å². The molecule has 8 nitrogen and oxygen atoms in total. The van der Waals surface area contributed by atoms with Crippen LogP contribution in [0.3, 0.4) is 0 Å². The Hall–Kier alpha value is -2.88. The quantitative estimate of drug-likeness (QED) is 0.369. The van der Waals surface area contributed by atoms with Gasteiger partial charge in [0.15, 0.2) is 17.4 Å². The van der Waals surface area contributed by atoms with Crippen molar-refractivity contribution in [1.82, 2.24) is 25.1 Å². The number of nitrogens with zero attached hydrogens (tertiary/aromatic N) is 5. The van der Waals surface area contributed by atoms with Crippen molar-refractivity contribution in [3.8, 4) is 5.75 Å². The first kappa shape index (κ1) is 22.3. The van der Waals surface area contributed by atoms with Gasteiger partial charge in [0.05, 0.1) is 18.1 Å². The van der Waals surface area contributed by atoms with Gasteiger partial charge in [-0.05, 0) is 43.5 Å². The Kier molecular flexibility index (Phi) is 7.41. The number of hydrogen-bond acceptors (Lipinski definition) is 7. The zero-order chi connectivity index (χ0) is 22.3. The second kappa shape index (κ2) is 10.6. The molecule has 170 valence electrons. The van der Waals surface area contributed by atoms with Crippen LogP contribution in [0.2, 0.25) is 0 Å². The maximum absolute atomic E-state index is 12.9. The van der Waals surface area contributed by atoms with Gasteiger partial charge in [0.1, 0.15) is 17.4 Å². The molecule has 2 aromatic heterocycles. The highest BCUT2D eigenvalue weighted by atomic mass is 32.2. The average Bonchev–Trinajstić information content (AvgIpc) is 3.47. The van der Waals surface area contributed by atoms with Crippen molar-refractivity contribution in [3.63, 3.8) is 0 Å². The van der Waals surface area contributed by atoms with E-state index in [0.717, 1.165) is 47.3 Å². The van der Waals surface area contributed by atoms with Crippen LogP contribution in [-0.2, 0) is 11.3 Å². The summed E-state index contributed by atoms with van der Waals surface area (Å²) in [5.41, 5.74) is 0.789. The van der Waals surface area contributed by atoms with Crippen molar-refractivity contribution in [1.29, 1.82) is 0 Å². The fraction of sp³-hybridized carbons (Fsp3) is 0.455. The normalized spacial score (nSPS) is 13.6. The van der Waals surface area contributed by atoms with Crippen molar-refractivity contribution in [2.24, 2.45) is 0 Å². The largest absolute Gasteiger partial charge is 0.484 e. The highest BCUT2D eigenvalue weighted by molar-refractivity contribution is 7.99. The molecule has 3 aromatic rings. The Morgan fingerprint density at radius 3 is 2.75 bits per heavy atom. The highest BCUT2D eigenvalue weighted by Crippen LogP contribution is 2.29. The van der Waals surface area contributed by atoms with E-state index in [2.05, 4.69) is 22.2 Å². The first-order valence-electron chi connectivity index (χ1n) is 10.9. The van der Waals surface area contributed by atoms with Crippen LogP contribution in [0.4, 0.5) is 10.2 Å². The number of hydrogen-bond donors (Lipinski definition) is 1. The predicted molar refractivity (Wildman–Crippen MR) is 123 cm³/mol. The topological polar surface area (TPSA) is 85.2 Å². The molecule has 1 amide bonds. The van der Waals surface area contributed by atoms with Gasteiger partial charge in [-0.3, -0.25) is 4.79 Å². The molecule has 0 bridgehead atoms. The number of fused-ring (bicyclic) bond motifs is 1. The lowest BCUT2D eigenvalue weighted by molar-refractivity contribution is -0.123. The molecule has 0 unspecified atom stereocenters. The van der Waals surface area contributed by atoms with Gasteiger partial charge in [-0.2, -0.15) is 5.10 Å². The van der Waals surface area contributed by atoms with E-state index in [0.29, 0.717) is 18.8 Å². The third kappa shape index (κ3) is 5.48. The number of nitrogens with one attached hydrogen (secondary N) is 1. The lowest BCUT2D eigenvalue weighted by Gasteiger charge is -2.18. The third-order valence-corrected chi connectivity index (χ3v) is 6.18. The maximum atomic E-state index is 12.9. The Balaban J connectivity index is 1.39. The number of rotatable bonds is 10. The van der Waals surface area contributed by atoms with E-state index in [9.17, 15) is 9.18 Å². The number of thioether (sulfide) groups is 1. The van der Waals surface area contributed by atoms with E-state index in [1.807, 2.05) is 10.9 Å². The lowest BCUT2D eigenvalue weighted by Crippen LogP contribution is -2.31. The molecular weight excluding hydrogens is 431 g/mol. The SMILES string of the molecule is CCCSc1nc(N2CCCC2)c2cnn(CCNC(=O)COc3ccc(F)cc3)c2n1.